The zero-order chi connectivity index (χ0) is 8.27. The van der Waals surface area contributed by atoms with Crippen LogP contribution in [0.3, 0.4) is 0 Å². The number of aromatic nitrogens is 2. The van der Waals surface area contributed by atoms with Gasteiger partial charge in [-0.2, -0.15) is 0 Å². The highest BCUT2D eigenvalue weighted by Crippen LogP contribution is 2.05. The first-order valence-corrected chi connectivity index (χ1v) is 3.37. The summed E-state index contributed by atoms with van der Waals surface area (Å²) in [5.41, 5.74) is 0. The zero-order valence-corrected chi connectivity index (χ0v) is 6.78. The summed E-state index contributed by atoms with van der Waals surface area (Å²) in [4.78, 5) is 10.1. The van der Waals surface area contributed by atoms with Crippen molar-refractivity contribution in [2.45, 2.75) is 0 Å². The summed E-state index contributed by atoms with van der Waals surface area (Å²) < 4.78 is 0. The molecule has 0 aliphatic carbocycles. The maximum absolute atomic E-state index is 4.19. The van der Waals surface area contributed by atoms with Crippen molar-refractivity contribution in [1.29, 1.82) is 0 Å². The Kier molecular flexibility index (Phi) is 2.21. The predicted molar refractivity (Wildman–Crippen MR) is 46.5 cm³/mol. The number of anilines is 1. The quantitative estimate of drug-likeness (QED) is 0.632. The topological polar surface area (TPSA) is 29.0 Å². The SMILES string of the molecule is C=Cc1nccc(N(C)C)n1. The number of hydrogen-bond acceptors (Lipinski definition) is 3. The summed E-state index contributed by atoms with van der Waals surface area (Å²) >= 11 is 0. The highest BCUT2D eigenvalue weighted by Gasteiger charge is 1.95. The lowest BCUT2D eigenvalue weighted by Gasteiger charge is -2.09. The number of hydrogen-bond donors (Lipinski definition) is 0. The predicted octanol–water partition coefficient (Wildman–Crippen LogP) is 1.19. The van der Waals surface area contributed by atoms with Crippen LogP contribution in [0.2, 0.25) is 0 Å². The van der Waals surface area contributed by atoms with E-state index in [2.05, 4.69) is 16.5 Å². The van der Waals surface area contributed by atoms with Crippen molar-refractivity contribution < 1.29 is 0 Å². The summed E-state index contributed by atoms with van der Waals surface area (Å²) in [5.74, 6) is 1.56. The van der Waals surface area contributed by atoms with Crippen LogP contribution in [-0.2, 0) is 0 Å². The van der Waals surface area contributed by atoms with Gasteiger partial charge in [0.2, 0.25) is 0 Å². The Morgan fingerprint density at radius 2 is 2.27 bits per heavy atom. The molecule has 0 unspecified atom stereocenters. The lowest BCUT2D eigenvalue weighted by molar-refractivity contribution is 1.03. The van der Waals surface area contributed by atoms with Crippen molar-refractivity contribution in [2.75, 3.05) is 19.0 Å². The van der Waals surface area contributed by atoms with Crippen LogP contribution in [0.1, 0.15) is 5.82 Å². The second kappa shape index (κ2) is 3.14. The highest BCUT2D eigenvalue weighted by atomic mass is 15.1. The van der Waals surface area contributed by atoms with Crippen LogP contribution >= 0.6 is 0 Å². The Balaban J connectivity index is 3.00. The van der Waals surface area contributed by atoms with E-state index in [1.165, 1.54) is 0 Å². The molecule has 0 radical (unpaired) electrons. The van der Waals surface area contributed by atoms with Gasteiger partial charge in [-0.25, -0.2) is 9.97 Å². The molecule has 3 heteroatoms. The summed E-state index contributed by atoms with van der Waals surface area (Å²) in [5, 5.41) is 0. The molecule has 0 aliphatic rings. The molecule has 0 N–H and O–H groups in total. The molecule has 0 fully saturated rings. The molecule has 0 amide bonds. The van der Waals surface area contributed by atoms with Gasteiger partial charge in [0.15, 0.2) is 5.82 Å². The maximum Gasteiger partial charge on any atom is 0.153 e. The monoisotopic (exact) mass is 149 g/mol. The molecule has 0 saturated carbocycles. The smallest absolute Gasteiger partial charge is 0.153 e. The Hall–Kier alpha value is -1.38. The van der Waals surface area contributed by atoms with E-state index in [0.29, 0.717) is 5.82 Å². The van der Waals surface area contributed by atoms with Gasteiger partial charge in [-0.1, -0.05) is 6.58 Å². The molecular weight excluding hydrogens is 138 g/mol. The fraction of sp³-hybridized carbons (Fsp3) is 0.250. The molecule has 1 aromatic rings. The molecule has 0 atom stereocenters. The van der Waals surface area contributed by atoms with Crippen LogP contribution in [0.15, 0.2) is 18.8 Å². The first-order valence-electron chi connectivity index (χ1n) is 3.37. The molecule has 0 aromatic carbocycles. The van der Waals surface area contributed by atoms with Crippen LogP contribution in [0.25, 0.3) is 6.08 Å². The summed E-state index contributed by atoms with van der Waals surface area (Å²) in [6.45, 7) is 3.59. The Bertz CT molecular complexity index is 255. The zero-order valence-electron chi connectivity index (χ0n) is 6.78. The van der Waals surface area contributed by atoms with Crippen molar-refractivity contribution in [1.82, 2.24) is 9.97 Å². The van der Waals surface area contributed by atoms with Crippen LogP contribution in [-0.4, -0.2) is 24.1 Å². The average Bonchev–Trinajstić information content (AvgIpc) is 2.05. The van der Waals surface area contributed by atoms with E-state index in [1.54, 1.807) is 12.3 Å². The minimum absolute atomic E-state index is 0.663. The minimum Gasteiger partial charge on any atom is -0.363 e. The summed E-state index contributed by atoms with van der Waals surface area (Å²) in [7, 11) is 3.88. The molecule has 3 nitrogen and oxygen atoms in total. The molecule has 1 heterocycles. The van der Waals surface area contributed by atoms with Gasteiger partial charge in [0, 0.05) is 20.3 Å². The third-order valence-corrected chi connectivity index (χ3v) is 1.30. The molecule has 1 aromatic heterocycles. The fourth-order valence-electron chi connectivity index (χ4n) is 0.711. The van der Waals surface area contributed by atoms with E-state index in [9.17, 15) is 0 Å². The normalized spacial score (nSPS) is 9.27. The number of rotatable bonds is 2. The summed E-state index contributed by atoms with van der Waals surface area (Å²) in [6.07, 6.45) is 3.35. The van der Waals surface area contributed by atoms with Crippen molar-refractivity contribution in [3.05, 3.63) is 24.7 Å². The van der Waals surface area contributed by atoms with E-state index >= 15 is 0 Å². The lowest BCUT2D eigenvalue weighted by atomic mass is 10.5. The molecular formula is C8H11N3. The van der Waals surface area contributed by atoms with Crippen LogP contribution in [0.4, 0.5) is 5.82 Å². The van der Waals surface area contributed by atoms with Gasteiger partial charge in [0.1, 0.15) is 5.82 Å². The van der Waals surface area contributed by atoms with E-state index < -0.39 is 0 Å². The molecule has 11 heavy (non-hydrogen) atoms. The highest BCUT2D eigenvalue weighted by molar-refractivity contribution is 5.42. The molecule has 1 rings (SSSR count). The molecule has 0 bridgehead atoms. The maximum atomic E-state index is 4.19. The van der Waals surface area contributed by atoms with Crippen LogP contribution < -0.4 is 4.90 Å². The van der Waals surface area contributed by atoms with Gasteiger partial charge in [0.25, 0.3) is 0 Å². The molecule has 0 saturated heterocycles. The Labute approximate surface area is 66.4 Å². The largest absolute Gasteiger partial charge is 0.363 e. The van der Waals surface area contributed by atoms with Gasteiger partial charge in [-0.05, 0) is 12.1 Å². The van der Waals surface area contributed by atoms with Gasteiger partial charge in [-0.15, -0.1) is 0 Å². The van der Waals surface area contributed by atoms with Crippen molar-refractivity contribution in [3.63, 3.8) is 0 Å². The molecule has 0 aliphatic heterocycles. The Morgan fingerprint density at radius 1 is 1.55 bits per heavy atom. The van der Waals surface area contributed by atoms with Gasteiger partial charge in [0.05, 0.1) is 0 Å². The van der Waals surface area contributed by atoms with E-state index in [1.807, 2.05) is 25.1 Å². The summed E-state index contributed by atoms with van der Waals surface area (Å²) in [6, 6.07) is 1.85. The minimum atomic E-state index is 0.663. The molecule has 58 valence electrons. The second-order valence-corrected chi connectivity index (χ2v) is 2.37. The van der Waals surface area contributed by atoms with Crippen molar-refractivity contribution >= 4 is 11.9 Å². The van der Waals surface area contributed by atoms with E-state index in [0.717, 1.165) is 5.82 Å². The fourth-order valence-corrected chi connectivity index (χ4v) is 0.711. The third-order valence-electron chi connectivity index (χ3n) is 1.30. The third kappa shape index (κ3) is 1.77. The van der Waals surface area contributed by atoms with Crippen LogP contribution in [0, 0.1) is 0 Å². The van der Waals surface area contributed by atoms with Crippen molar-refractivity contribution in [2.24, 2.45) is 0 Å². The van der Waals surface area contributed by atoms with Gasteiger partial charge >= 0.3 is 0 Å². The Morgan fingerprint density at radius 3 is 2.82 bits per heavy atom. The first kappa shape index (κ1) is 7.72. The van der Waals surface area contributed by atoms with Gasteiger partial charge in [-0.3, -0.25) is 0 Å². The molecule has 0 spiro atoms. The second-order valence-electron chi connectivity index (χ2n) is 2.37. The van der Waals surface area contributed by atoms with Crippen molar-refractivity contribution in [3.8, 4) is 0 Å². The number of nitrogens with zero attached hydrogens (tertiary/aromatic N) is 3. The van der Waals surface area contributed by atoms with E-state index in [-0.39, 0.29) is 0 Å². The van der Waals surface area contributed by atoms with Crippen LogP contribution in [0.5, 0.6) is 0 Å². The average molecular weight is 149 g/mol. The standard InChI is InChI=1S/C8H11N3/c1-4-7-9-6-5-8(10-7)11(2)3/h4-6H,1H2,2-3H3. The first-order chi connectivity index (χ1) is 5.24. The van der Waals surface area contributed by atoms with E-state index in [4.69, 9.17) is 0 Å². The lowest BCUT2D eigenvalue weighted by Crippen LogP contribution is -2.11. The van der Waals surface area contributed by atoms with Gasteiger partial charge < -0.3 is 4.90 Å².